The van der Waals surface area contributed by atoms with Gasteiger partial charge in [0.05, 0.1) is 0 Å². The van der Waals surface area contributed by atoms with Gasteiger partial charge in [0.25, 0.3) is 0 Å². The normalized spacial score (nSPS) is 16.2. The minimum Gasteiger partial charge on any atom is -0.476 e. The Kier molecular flexibility index (Phi) is 3.34. The number of hydrogen-bond donors (Lipinski definition) is 2. The number of hydrogen-bond acceptors (Lipinski definition) is 4. The Morgan fingerprint density at radius 2 is 2.06 bits per heavy atom. The second-order valence-electron chi connectivity index (χ2n) is 4.09. The Morgan fingerprint density at radius 3 is 2.75 bits per heavy atom. The van der Waals surface area contributed by atoms with Gasteiger partial charge in [-0.15, -0.1) is 0 Å². The first-order chi connectivity index (χ1) is 7.77. The summed E-state index contributed by atoms with van der Waals surface area (Å²) in [6.07, 6.45) is 7.89. The van der Waals surface area contributed by atoms with Crippen LogP contribution in [0.15, 0.2) is 12.4 Å². The Hall–Kier alpha value is -1.65. The number of nitrogens with one attached hydrogen (secondary N) is 1. The van der Waals surface area contributed by atoms with E-state index in [1.165, 1.54) is 38.1 Å². The summed E-state index contributed by atoms with van der Waals surface area (Å²) in [5.41, 5.74) is 0.000460. The van der Waals surface area contributed by atoms with Crippen LogP contribution in [0.4, 0.5) is 5.82 Å². The molecule has 0 aromatic carbocycles. The number of carboxylic acid groups (broad SMARTS) is 1. The summed E-state index contributed by atoms with van der Waals surface area (Å²) in [6, 6.07) is 0. The largest absolute Gasteiger partial charge is 0.476 e. The van der Waals surface area contributed by atoms with Crippen molar-refractivity contribution in [2.75, 3.05) is 11.9 Å². The van der Waals surface area contributed by atoms with Crippen molar-refractivity contribution in [3.05, 3.63) is 18.1 Å². The first kappa shape index (κ1) is 10.9. The minimum atomic E-state index is -1.04. The molecule has 0 atom stereocenters. The van der Waals surface area contributed by atoms with Crippen LogP contribution in [-0.4, -0.2) is 27.6 Å². The Balaban J connectivity index is 2.00. The van der Waals surface area contributed by atoms with E-state index in [4.69, 9.17) is 5.11 Å². The smallest absolute Gasteiger partial charge is 0.358 e. The van der Waals surface area contributed by atoms with Gasteiger partial charge in [-0.1, -0.05) is 12.8 Å². The van der Waals surface area contributed by atoms with Crippen molar-refractivity contribution in [1.29, 1.82) is 0 Å². The fraction of sp³-hybridized carbons (Fsp3) is 0.545. The Morgan fingerprint density at radius 1 is 1.38 bits per heavy atom. The van der Waals surface area contributed by atoms with Gasteiger partial charge in [0, 0.05) is 18.9 Å². The summed E-state index contributed by atoms with van der Waals surface area (Å²) in [6.45, 7) is 0.791. The van der Waals surface area contributed by atoms with Crippen LogP contribution in [-0.2, 0) is 0 Å². The number of aromatic nitrogens is 2. The molecule has 0 saturated heterocycles. The molecule has 1 saturated carbocycles. The molecule has 16 heavy (non-hydrogen) atoms. The average molecular weight is 221 g/mol. The maximum atomic E-state index is 10.9. The van der Waals surface area contributed by atoms with Gasteiger partial charge in [-0.25, -0.2) is 14.8 Å². The van der Waals surface area contributed by atoms with E-state index in [9.17, 15) is 4.79 Å². The maximum Gasteiger partial charge on any atom is 0.358 e. The third-order valence-corrected chi connectivity index (χ3v) is 2.93. The standard InChI is InChI=1S/C11H15N3O2/c15-11(16)9-10(13-6-5-12-9)14-7-8-3-1-2-4-8/h5-6,8H,1-4,7H2,(H,13,14)(H,15,16). The van der Waals surface area contributed by atoms with Crippen LogP contribution in [0.25, 0.3) is 0 Å². The molecule has 0 spiro atoms. The molecule has 1 aromatic rings. The SMILES string of the molecule is O=C(O)c1nccnc1NCC1CCCC1. The van der Waals surface area contributed by atoms with Crippen LogP contribution in [0.3, 0.4) is 0 Å². The molecule has 86 valence electrons. The van der Waals surface area contributed by atoms with Crippen LogP contribution in [0.1, 0.15) is 36.2 Å². The van der Waals surface area contributed by atoms with Crippen LogP contribution in [0.2, 0.25) is 0 Å². The molecule has 0 aliphatic heterocycles. The fourth-order valence-electron chi connectivity index (χ4n) is 2.08. The lowest BCUT2D eigenvalue weighted by Crippen LogP contribution is -2.15. The Labute approximate surface area is 93.9 Å². The average Bonchev–Trinajstić information content (AvgIpc) is 2.79. The van der Waals surface area contributed by atoms with Crippen molar-refractivity contribution in [1.82, 2.24) is 9.97 Å². The first-order valence-electron chi connectivity index (χ1n) is 5.55. The lowest BCUT2D eigenvalue weighted by molar-refractivity contribution is 0.0691. The lowest BCUT2D eigenvalue weighted by Gasteiger charge is -2.11. The van der Waals surface area contributed by atoms with E-state index in [1.807, 2.05) is 0 Å². The molecule has 2 rings (SSSR count). The van der Waals surface area contributed by atoms with Crippen LogP contribution >= 0.6 is 0 Å². The van der Waals surface area contributed by atoms with E-state index >= 15 is 0 Å². The van der Waals surface area contributed by atoms with E-state index in [-0.39, 0.29) is 5.69 Å². The number of aromatic carboxylic acids is 1. The van der Waals surface area contributed by atoms with Crippen molar-refractivity contribution in [3.63, 3.8) is 0 Å². The predicted octanol–water partition coefficient (Wildman–Crippen LogP) is 1.78. The summed E-state index contributed by atoms with van der Waals surface area (Å²) in [7, 11) is 0. The van der Waals surface area contributed by atoms with Crippen molar-refractivity contribution in [2.24, 2.45) is 5.92 Å². The minimum absolute atomic E-state index is 0.000460. The van der Waals surface area contributed by atoms with Crippen LogP contribution < -0.4 is 5.32 Å². The van der Waals surface area contributed by atoms with Gasteiger partial charge in [-0.2, -0.15) is 0 Å². The molecule has 0 bridgehead atoms. The number of carboxylic acids is 1. The summed E-state index contributed by atoms with van der Waals surface area (Å²) < 4.78 is 0. The molecule has 1 aliphatic carbocycles. The molecular formula is C11H15N3O2. The van der Waals surface area contributed by atoms with Crippen molar-refractivity contribution in [3.8, 4) is 0 Å². The molecule has 2 N–H and O–H groups in total. The summed E-state index contributed by atoms with van der Waals surface area (Å²) >= 11 is 0. The molecule has 1 heterocycles. The van der Waals surface area contributed by atoms with Crippen molar-refractivity contribution >= 4 is 11.8 Å². The molecule has 5 nitrogen and oxygen atoms in total. The zero-order valence-electron chi connectivity index (χ0n) is 9.02. The quantitative estimate of drug-likeness (QED) is 0.810. The molecule has 1 aliphatic rings. The third kappa shape index (κ3) is 2.48. The molecule has 1 aromatic heterocycles. The molecular weight excluding hydrogens is 206 g/mol. The van der Waals surface area contributed by atoms with Gasteiger partial charge in [-0.05, 0) is 18.8 Å². The number of nitrogens with zero attached hydrogens (tertiary/aromatic N) is 2. The molecule has 0 radical (unpaired) electrons. The zero-order valence-corrected chi connectivity index (χ0v) is 9.02. The van der Waals surface area contributed by atoms with Crippen LogP contribution in [0, 0.1) is 5.92 Å². The molecule has 0 amide bonds. The van der Waals surface area contributed by atoms with Gasteiger partial charge < -0.3 is 10.4 Å². The van der Waals surface area contributed by atoms with Crippen molar-refractivity contribution < 1.29 is 9.90 Å². The lowest BCUT2D eigenvalue weighted by atomic mass is 10.1. The first-order valence-corrected chi connectivity index (χ1v) is 5.55. The van der Waals surface area contributed by atoms with Crippen molar-refractivity contribution in [2.45, 2.75) is 25.7 Å². The highest BCUT2D eigenvalue weighted by Gasteiger charge is 2.17. The summed E-state index contributed by atoms with van der Waals surface area (Å²) in [5.74, 6) is -0.0208. The van der Waals surface area contributed by atoms with E-state index in [2.05, 4.69) is 15.3 Å². The molecule has 5 heteroatoms. The second kappa shape index (κ2) is 4.92. The van der Waals surface area contributed by atoms with Gasteiger partial charge in [-0.3, -0.25) is 0 Å². The van der Waals surface area contributed by atoms with Gasteiger partial charge in [0.15, 0.2) is 11.5 Å². The molecule has 1 fully saturated rings. The Bertz CT molecular complexity index is 375. The summed E-state index contributed by atoms with van der Waals surface area (Å²) in [5, 5.41) is 12.0. The molecule has 0 unspecified atom stereocenters. The zero-order chi connectivity index (χ0) is 11.4. The van der Waals surface area contributed by atoms with E-state index < -0.39 is 5.97 Å². The number of carbonyl (C=O) groups is 1. The third-order valence-electron chi connectivity index (χ3n) is 2.93. The van der Waals surface area contributed by atoms with E-state index in [0.717, 1.165) is 6.54 Å². The highest BCUT2D eigenvalue weighted by Crippen LogP contribution is 2.24. The van der Waals surface area contributed by atoms with E-state index in [0.29, 0.717) is 11.7 Å². The predicted molar refractivity (Wildman–Crippen MR) is 59.4 cm³/mol. The fourth-order valence-corrected chi connectivity index (χ4v) is 2.08. The maximum absolute atomic E-state index is 10.9. The highest BCUT2D eigenvalue weighted by molar-refractivity contribution is 5.90. The second-order valence-corrected chi connectivity index (χ2v) is 4.09. The van der Waals surface area contributed by atoms with Gasteiger partial charge in [0.2, 0.25) is 0 Å². The number of anilines is 1. The highest BCUT2D eigenvalue weighted by atomic mass is 16.4. The topological polar surface area (TPSA) is 75.1 Å². The summed E-state index contributed by atoms with van der Waals surface area (Å²) in [4.78, 5) is 18.7. The van der Waals surface area contributed by atoms with E-state index in [1.54, 1.807) is 0 Å². The van der Waals surface area contributed by atoms with Gasteiger partial charge in [0.1, 0.15) is 0 Å². The van der Waals surface area contributed by atoms with Crippen LogP contribution in [0.5, 0.6) is 0 Å². The number of rotatable bonds is 4. The monoisotopic (exact) mass is 221 g/mol. The van der Waals surface area contributed by atoms with Gasteiger partial charge >= 0.3 is 5.97 Å².